The summed E-state index contributed by atoms with van der Waals surface area (Å²) in [6.45, 7) is 6.23. The molecule has 0 aromatic carbocycles. The molecule has 1 aromatic rings. The van der Waals surface area contributed by atoms with Crippen molar-refractivity contribution < 1.29 is 9.90 Å². The first-order chi connectivity index (χ1) is 6.39. The van der Waals surface area contributed by atoms with Crippen LogP contribution in [0.15, 0.2) is 18.5 Å². The minimum absolute atomic E-state index is 0.0154. The number of hydrogen-bond donors (Lipinski definition) is 1. The van der Waals surface area contributed by atoms with Gasteiger partial charge in [-0.2, -0.15) is 0 Å². The Morgan fingerprint density at radius 1 is 1.43 bits per heavy atom. The molecule has 0 atom stereocenters. The largest absolute Gasteiger partial charge is 0.481 e. The van der Waals surface area contributed by atoms with E-state index in [1.807, 2.05) is 6.07 Å². The summed E-state index contributed by atoms with van der Waals surface area (Å²) in [6, 6.07) is 1.90. The fraction of sp³-hybridized carbons (Fsp3) is 0.455. The molecule has 1 rings (SSSR count). The minimum atomic E-state index is -0.821. The Morgan fingerprint density at radius 3 is 2.57 bits per heavy atom. The molecule has 1 aromatic heterocycles. The highest BCUT2D eigenvalue weighted by atomic mass is 16.4. The molecule has 0 aliphatic carbocycles. The molecule has 14 heavy (non-hydrogen) atoms. The monoisotopic (exact) mass is 193 g/mol. The standard InChI is InChI=1S/C11H15NO2/c1-11(2,3)9-4-8(5-10(13)14)6-12-7-9/h4,6-7H,5H2,1-3H3,(H,13,14). The quantitative estimate of drug-likeness (QED) is 0.781. The average molecular weight is 193 g/mol. The first-order valence-electron chi connectivity index (χ1n) is 4.56. The molecule has 0 amide bonds. The summed E-state index contributed by atoms with van der Waals surface area (Å²) < 4.78 is 0. The summed E-state index contributed by atoms with van der Waals surface area (Å²) in [6.07, 6.45) is 3.42. The molecule has 0 saturated heterocycles. The van der Waals surface area contributed by atoms with Gasteiger partial charge in [0.15, 0.2) is 0 Å². The molecule has 1 N–H and O–H groups in total. The molecule has 1 heterocycles. The number of carboxylic acids is 1. The van der Waals surface area contributed by atoms with E-state index in [9.17, 15) is 4.79 Å². The molecule has 0 bridgehead atoms. The third-order valence-corrected chi connectivity index (χ3v) is 2.02. The van der Waals surface area contributed by atoms with E-state index in [-0.39, 0.29) is 11.8 Å². The third kappa shape index (κ3) is 2.83. The first-order valence-corrected chi connectivity index (χ1v) is 4.56. The Hall–Kier alpha value is -1.38. The van der Waals surface area contributed by atoms with E-state index in [2.05, 4.69) is 25.8 Å². The molecule has 76 valence electrons. The Labute approximate surface area is 83.8 Å². The van der Waals surface area contributed by atoms with Gasteiger partial charge in [-0.3, -0.25) is 9.78 Å². The zero-order valence-corrected chi connectivity index (χ0v) is 8.74. The molecule has 3 nitrogen and oxygen atoms in total. The number of carboxylic acid groups (broad SMARTS) is 1. The molecular formula is C11H15NO2. The zero-order valence-electron chi connectivity index (χ0n) is 8.74. The molecular weight excluding hydrogens is 178 g/mol. The molecule has 0 spiro atoms. The third-order valence-electron chi connectivity index (χ3n) is 2.02. The maximum absolute atomic E-state index is 10.5. The summed E-state index contributed by atoms with van der Waals surface area (Å²) in [4.78, 5) is 14.5. The normalized spacial score (nSPS) is 11.4. The average Bonchev–Trinajstić information content (AvgIpc) is 2.01. The summed E-state index contributed by atoms with van der Waals surface area (Å²) >= 11 is 0. The van der Waals surface area contributed by atoms with Crippen molar-refractivity contribution in [1.29, 1.82) is 0 Å². The van der Waals surface area contributed by atoms with E-state index >= 15 is 0 Å². The van der Waals surface area contributed by atoms with E-state index < -0.39 is 5.97 Å². The van der Waals surface area contributed by atoms with Crippen LogP contribution in [0.5, 0.6) is 0 Å². The fourth-order valence-corrected chi connectivity index (χ4v) is 1.17. The second kappa shape index (κ2) is 3.78. The molecule has 0 saturated carbocycles. The number of aliphatic carboxylic acids is 1. The lowest BCUT2D eigenvalue weighted by molar-refractivity contribution is -0.136. The van der Waals surface area contributed by atoms with E-state index in [1.54, 1.807) is 12.4 Å². The van der Waals surface area contributed by atoms with Crippen LogP contribution < -0.4 is 0 Å². The minimum Gasteiger partial charge on any atom is -0.481 e. The molecule has 0 radical (unpaired) electrons. The van der Waals surface area contributed by atoms with Crippen LogP contribution in [-0.2, 0) is 16.6 Å². The number of aromatic nitrogens is 1. The van der Waals surface area contributed by atoms with Gasteiger partial charge in [-0.1, -0.05) is 26.8 Å². The summed E-state index contributed by atoms with van der Waals surface area (Å²) in [5.41, 5.74) is 1.84. The molecule has 0 unspecified atom stereocenters. The number of nitrogens with zero attached hydrogens (tertiary/aromatic N) is 1. The van der Waals surface area contributed by atoms with Crippen molar-refractivity contribution in [2.45, 2.75) is 32.6 Å². The SMILES string of the molecule is CC(C)(C)c1cncc(CC(=O)O)c1. The van der Waals surface area contributed by atoms with Gasteiger partial charge in [-0.15, -0.1) is 0 Å². The van der Waals surface area contributed by atoms with Crippen molar-refractivity contribution in [3.8, 4) is 0 Å². The summed E-state index contributed by atoms with van der Waals surface area (Å²) in [5.74, 6) is -0.821. The topological polar surface area (TPSA) is 50.2 Å². The van der Waals surface area contributed by atoms with Gasteiger partial charge in [0.05, 0.1) is 6.42 Å². The summed E-state index contributed by atoms with van der Waals surface area (Å²) in [5, 5.41) is 8.63. The lowest BCUT2D eigenvalue weighted by atomic mass is 9.87. The highest BCUT2D eigenvalue weighted by molar-refractivity contribution is 5.70. The second-order valence-corrected chi connectivity index (χ2v) is 4.40. The van der Waals surface area contributed by atoms with Crippen molar-refractivity contribution in [1.82, 2.24) is 4.98 Å². The van der Waals surface area contributed by atoms with Gasteiger partial charge in [0.1, 0.15) is 0 Å². The van der Waals surface area contributed by atoms with Crippen LogP contribution >= 0.6 is 0 Å². The first kappa shape index (κ1) is 10.7. The van der Waals surface area contributed by atoms with Crippen molar-refractivity contribution in [2.75, 3.05) is 0 Å². The predicted molar refractivity (Wildman–Crippen MR) is 54.3 cm³/mol. The molecule has 3 heteroatoms. The van der Waals surface area contributed by atoms with Crippen LogP contribution in [-0.4, -0.2) is 16.1 Å². The van der Waals surface area contributed by atoms with Gasteiger partial charge >= 0.3 is 5.97 Å². The Kier molecular flexibility index (Phi) is 2.89. The fourth-order valence-electron chi connectivity index (χ4n) is 1.17. The van der Waals surface area contributed by atoms with Crippen molar-refractivity contribution in [3.05, 3.63) is 29.6 Å². The smallest absolute Gasteiger partial charge is 0.307 e. The van der Waals surface area contributed by atoms with Gasteiger partial charge in [-0.25, -0.2) is 0 Å². The van der Waals surface area contributed by atoms with E-state index in [4.69, 9.17) is 5.11 Å². The molecule has 0 aliphatic heterocycles. The van der Waals surface area contributed by atoms with Gasteiger partial charge < -0.3 is 5.11 Å². The number of rotatable bonds is 2. The molecule has 0 fully saturated rings. The van der Waals surface area contributed by atoms with Crippen LogP contribution in [0.1, 0.15) is 31.9 Å². The Bertz CT molecular complexity index is 339. The lowest BCUT2D eigenvalue weighted by Crippen LogP contribution is -2.12. The molecule has 0 aliphatic rings. The van der Waals surface area contributed by atoms with Crippen LogP contribution in [0.2, 0.25) is 0 Å². The van der Waals surface area contributed by atoms with Crippen LogP contribution in [0.25, 0.3) is 0 Å². The highest BCUT2D eigenvalue weighted by Gasteiger charge is 2.14. The number of hydrogen-bond acceptors (Lipinski definition) is 2. The van der Waals surface area contributed by atoms with E-state index in [0.29, 0.717) is 0 Å². The van der Waals surface area contributed by atoms with Gasteiger partial charge in [-0.05, 0) is 16.5 Å². The van der Waals surface area contributed by atoms with Gasteiger partial charge in [0.2, 0.25) is 0 Å². The van der Waals surface area contributed by atoms with E-state index in [0.717, 1.165) is 11.1 Å². The van der Waals surface area contributed by atoms with Gasteiger partial charge in [0.25, 0.3) is 0 Å². The summed E-state index contributed by atoms with van der Waals surface area (Å²) in [7, 11) is 0. The number of pyridine rings is 1. The van der Waals surface area contributed by atoms with Crippen molar-refractivity contribution in [2.24, 2.45) is 0 Å². The maximum Gasteiger partial charge on any atom is 0.307 e. The van der Waals surface area contributed by atoms with Gasteiger partial charge in [0, 0.05) is 12.4 Å². The Morgan fingerprint density at radius 2 is 2.07 bits per heavy atom. The predicted octanol–water partition coefficient (Wildman–Crippen LogP) is 2.01. The Balaban J connectivity index is 2.95. The van der Waals surface area contributed by atoms with Crippen LogP contribution in [0, 0.1) is 0 Å². The van der Waals surface area contributed by atoms with Crippen molar-refractivity contribution >= 4 is 5.97 Å². The van der Waals surface area contributed by atoms with Crippen LogP contribution in [0.4, 0.5) is 0 Å². The number of carbonyl (C=O) groups is 1. The maximum atomic E-state index is 10.5. The lowest BCUT2D eigenvalue weighted by Gasteiger charge is -2.18. The van der Waals surface area contributed by atoms with Crippen LogP contribution in [0.3, 0.4) is 0 Å². The zero-order chi connectivity index (χ0) is 10.8. The highest BCUT2D eigenvalue weighted by Crippen LogP contribution is 2.21. The van der Waals surface area contributed by atoms with E-state index in [1.165, 1.54) is 0 Å². The van der Waals surface area contributed by atoms with Crippen molar-refractivity contribution in [3.63, 3.8) is 0 Å². The second-order valence-electron chi connectivity index (χ2n) is 4.40.